The number of hydrogen-bond donors (Lipinski definition) is 0. The lowest BCUT2D eigenvalue weighted by Crippen LogP contribution is -2.30. The smallest absolute Gasteiger partial charge is 0.306 e. The molecule has 0 aromatic rings. The Hall–Kier alpha value is -4.45. The van der Waals surface area contributed by atoms with Crippen molar-refractivity contribution in [2.45, 2.75) is 277 Å². The van der Waals surface area contributed by atoms with Gasteiger partial charge in [-0.1, -0.05) is 270 Å². The monoisotopic (exact) mass is 1050 g/mol. The first-order chi connectivity index (χ1) is 37.5. The number of ether oxygens (including phenoxy) is 3. The highest BCUT2D eigenvalue weighted by atomic mass is 16.6. The van der Waals surface area contributed by atoms with Crippen LogP contribution in [0.5, 0.6) is 0 Å². The summed E-state index contributed by atoms with van der Waals surface area (Å²) in [4.78, 5) is 38.1. The normalized spacial score (nSPS) is 13.0. The van der Waals surface area contributed by atoms with E-state index < -0.39 is 6.10 Å². The van der Waals surface area contributed by atoms with E-state index in [2.05, 4.69) is 154 Å². The summed E-state index contributed by atoms with van der Waals surface area (Å²) in [6, 6.07) is 0. The van der Waals surface area contributed by atoms with Gasteiger partial charge in [-0.05, 0) is 116 Å². The fourth-order valence-electron chi connectivity index (χ4n) is 8.30. The highest BCUT2D eigenvalue weighted by Crippen LogP contribution is 2.15. The van der Waals surface area contributed by atoms with Crippen LogP contribution >= 0.6 is 0 Å². The van der Waals surface area contributed by atoms with E-state index in [0.29, 0.717) is 19.3 Å². The van der Waals surface area contributed by atoms with Crippen molar-refractivity contribution in [3.63, 3.8) is 0 Å². The molecule has 0 aromatic heterocycles. The van der Waals surface area contributed by atoms with E-state index in [-0.39, 0.29) is 31.1 Å². The Morgan fingerprint density at radius 1 is 0.276 bits per heavy atom. The van der Waals surface area contributed by atoms with Crippen LogP contribution in [0.1, 0.15) is 271 Å². The van der Waals surface area contributed by atoms with Gasteiger partial charge in [0.25, 0.3) is 0 Å². The summed E-state index contributed by atoms with van der Waals surface area (Å²) >= 11 is 0. The van der Waals surface area contributed by atoms with Crippen molar-refractivity contribution in [1.29, 1.82) is 0 Å². The van der Waals surface area contributed by atoms with Gasteiger partial charge in [0.1, 0.15) is 13.2 Å². The zero-order chi connectivity index (χ0) is 55.0. The molecule has 1 atom stereocenters. The first-order valence-electron chi connectivity index (χ1n) is 31.2. The Morgan fingerprint density at radius 3 is 0.803 bits per heavy atom. The van der Waals surface area contributed by atoms with Crippen LogP contribution in [0.3, 0.4) is 0 Å². The minimum atomic E-state index is -0.791. The molecule has 0 rings (SSSR count). The van der Waals surface area contributed by atoms with E-state index in [1.54, 1.807) is 0 Å². The predicted molar refractivity (Wildman–Crippen MR) is 329 cm³/mol. The van der Waals surface area contributed by atoms with Crippen molar-refractivity contribution < 1.29 is 28.6 Å². The summed E-state index contributed by atoms with van der Waals surface area (Å²) in [5.74, 6) is -0.913. The molecule has 0 saturated heterocycles. The van der Waals surface area contributed by atoms with Gasteiger partial charge in [-0.2, -0.15) is 0 Å². The fraction of sp³-hybridized carbons (Fsp3) is 0.643. The standard InChI is InChI=1S/C70H114O6/c1-4-7-10-13-16-19-21-23-25-27-29-31-33-35-37-39-41-43-45-47-49-51-54-57-60-63-69(72)75-66-67(65-74-68(71)62-59-56-53-18-15-12-9-6-3)76-70(73)64-61-58-55-52-50-48-46-44-42-40-38-36-34-32-30-28-26-24-22-20-17-14-11-8-5-2/h7-8,10-11,16-17,19-20,23-26,29-32,35-38,41,43,67H,4-6,9,12-15,18,21-22,27-28,33-34,39-40,42,44-66H2,1-3H3/b10-7-,11-8-,19-16-,20-17-,25-23-,26-24-,31-29-,32-30-,37-35-,38-36-,43-41-. The van der Waals surface area contributed by atoms with Crippen LogP contribution in [0, 0.1) is 0 Å². The molecule has 0 aliphatic rings. The summed E-state index contributed by atoms with van der Waals surface area (Å²) < 4.78 is 16.8. The molecular weight excluding hydrogens is 937 g/mol. The van der Waals surface area contributed by atoms with Gasteiger partial charge in [0, 0.05) is 19.3 Å². The van der Waals surface area contributed by atoms with Gasteiger partial charge in [-0.3, -0.25) is 14.4 Å². The zero-order valence-corrected chi connectivity index (χ0v) is 49.2. The molecule has 0 saturated carbocycles. The molecule has 0 aliphatic carbocycles. The summed E-state index contributed by atoms with van der Waals surface area (Å²) in [5, 5.41) is 0. The molecule has 0 fully saturated rings. The second-order valence-corrected chi connectivity index (χ2v) is 20.2. The molecule has 6 heteroatoms. The van der Waals surface area contributed by atoms with Gasteiger partial charge < -0.3 is 14.2 Å². The van der Waals surface area contributed by atoms with Crippen molar-refractivity contribution in [2.75, 3.05) is 13.2 Å². The van der Waals surface area contributed by atoms with Gasteiger partial charge in [0.15, 0.2) is 6.10 Å². The van der Waals surface area contributed by atoms with Crippen LogP contribution < -0.4 is 0 Å². The molecule has 0 N–H and O–H groups in total. The number of unbranched alkanes of at least 4 members (excludes halogenated alkanes) is 22. The van der Waals surface area contributed by atoms with Gasteiger partial charge in [-0.15, -0.1) is 0 Å². The van der Waals surface area contributed by atoms with Gasteiger partial charge >= 0.3 is 17.9 Å². The van der Waals surface area contributed by atoms with E-state index in [9.17, 15) is 14.4 Å². The van der Waals surface area contributed by atoms with Gasteiger partial charge in [-0.25, -0.2) is 0 Å². The molecule has 0 bridgehead atoms. The maximum atomic E-state index is 12.9. The van der Waals surface area contributed by atoms with Crippen molar-refractivity contribution in [3.8, 4) is 0 Å². The molecule has 0 spiro atoms. The summed E-state index contributed by atoms with van der Waals surface area (Å²) in [5.41, 5.74) is 0. The molecule has 6 nitrogen and oxygen atoms in total. The van der Waals surface area contributed by atoms with E-state index in [4.69, 9.17) is 14.2 Å². The fourth-order valence-corrected chi connectivity index (χ4v) is 8.30. The molecule has 430 valence electrons. The van der Waals surface area contributed by atoms with E-state index >= 15 is 0 Å². The van der Waals surface area contributed by atoms with E-state index in [1.807, 2.05) is 0 Å². The van der Waals surface area contributed by atoms with Gasteiger partial charge in [0.2, 0.25) is 0 Å². The molecule has 0 radical (unpaired) electrons. The lowest BCUT2D eigenvalue weighted by atomic mass is 10.1. The van der Waals surface area contributed by atoms with Crippen LogP contribution in [-0.4, -0.2) is 37.2 Å². The Bertz CT molecular complexity index is 1630. The molecular formula is C70H114O6. The van der Waals surface area contributed by atoms with Crippen molar-refractivity contribution in [1.82, 2.24) is 0 Å². The summed E-state index contributed by atoms with van der Waals surface area (Å²) in [6.45, 7) is 6.37. The average molecular weight is 1050 g/mol. The molecule has 0 amide bonds. The van der Waals surface area contributed by atoms with Gasteiger partial charge in [0.05, 0.1) is 0 Å². The largest absolute Gasteiger partial charge is 0.462 e. The Labute approximate surface area is 468 Å². The lowest BCUT2D eigenvalue weighted by molar-refractivity contribution is -0.167. The Balaban J connectivity index is 4.27. The third kappa shape index (κ3) is 60.4. The highest BCUT2D eigenvalue weighted by molar-refractivity contribution is 5.71. The van der Waals surface area contributed by atoms with Crippen LogP contribution in [-0.2, 0) is 28.6 Å². The molecule has 0 aliphatic heterocycles. The van der Waals surface area contributed by atoms with Crippen LogP contribution in [0.2, 0.25) is 0 Å². The van der Waals surface area contributed by atoms with E-state index in [1.165, 1.54) is 83.5 Å². The lowest BCUT2D eigenvalue weighted by Gasteiger charge is -2.18. The molecule has 1 unspecified atom stereocenters. The number of allylic oxidation sites excluding steroid dienone is 22. The predicted octanol–water partition coefficient (Wildman–Crippen LogP) is 21.4. The maximum Gasteiger partial charge on any atom is 0.306 e. The molecule has 0 aromatic carbocycles. The third-order valence-corrected chi connectivity index (χ3v) is 12.9. The number of esters is 3. The maximum absolute atomic E-state index is 12.9. The number of carbonyl (C=O) groups excluding carboxylic acids is 3. The number of rotatable bonds is 55. The Kier molecular flexibility index (Phi) is 59.4. The first kappa shape index (κ1) is 71.5. The third-order valence-electron chi connectivity index (χ3n) is 12.9. The second kappa shape index (κ2) is 63.1. The summed E-state index contributed by atoms with van der Waals surface area (Å²) in [6.07, 6.45) is 88.9. The van der Waals surface area contributed by atoms with Crippen molar-refractivity contribution in [3.05, 3.63) is 134 Å². The van der Waals surface area contributed by atoms with Crippen LogP contribution in [0.25, 0.3) is 0 Å². The van der Waals surface area contributed by atoms with Crippen LogP contribution in [0.15, 0.2) is 134 Å². The van der Waals surface area contributed by atoms with Crippen molar-refractivity contribution >= 4 is 17.9 Å². The average Bonchev–Trinajstić information content (AvgIpc) is 3.42. The highest BCUT2D eigenvalue weighted by Gasteiger charge is 2.19. The minimum absolute atomic E-state index is 0.0875. The Morgan fingerprint density at radius 2 is 0.513 bits per heavy atom. The van der Waals surface area contributed by atoms with Crippen LogP contribution in [0.4, 0.5) is 0 Å². The topological polar surface area (TPSA) is 78.9 Å². The number of hydrogen-bond acceptors (Lipinski definition) is 6. The first-order valence-corrected chi connectivity index (χ1v) is 31.2. The molecule has 76 heavy (non-hydrogen) atoms. The summed E-state index contributed by atoms with van der Waals surface area (Å²) in [7, 11) is 0. The SMILES string of the molecule is CC/C=C\C/C=C\C/C=C\C/C=C\C/C=C\C/C=C\CCCCCCCCC(=O)OCC(COC(=O)CCCCCCCCCC)OC(=O)CCCCCCCCCCC/C=C\C/C=C\C/C=C\C/C=C\C/C=C\CC. The quantitative estimate of drug-likeness (QED) is 0.0261. The zero-order valence-electron chi connectivity index (χ0n) is 49.2. The van der Waals surface area contributed by atoms with Crippen molar-refractivity contribution in [2.24, 2.45) is 0 Å². The minimum Gasteiger partial charge on any atom is -0.462 e. The molecule has 0 heterocycles. The van der Waals surface area contributed by atoms with E-state index in [0.717, 1.165) is 148 Å². The second-order valence-electron chi connectivity index (χ2n) is 20.2. The number of carbonyl (C=O) groups is 3.